The third-order valence-corrected chi connectivity index (χ3v) is 4.09. The van der Waals surface area contributed by atoms with E-state index >= 15 is 0 Å². The largest absolute Gasteiger partial charge is 0.113 e. The van der Waals surface area contributed by atoms with Crippen LogP contribution in [-0.2, 0) is 0 Å². The Morgan fingerprint density at radius 1 is 1.00 bits per heavy atom. The molecule has 2 heteroatoms. The van der Waals surface area contributed by atoms with Gasteiger partial charge < -0.3 is 0 Å². The van der Waals surface area contributed by atoms with Crippen LogP contribution in [0.5, 0.6) is 0 Å². The van der Waals surface area contributed by atoms with Crippen LogP contribution in [0.1, 0.15) is 52.9 Å². The van der Waals surface area contributed by atoms with Gasteiger partial charge in [-0.3, -0.25) is 0 Å². The molecule has 1 aliphatic carbocycles. The van der Waals surface area contributed by atoms with Gasteiger partial charge in [0.2, 0.25) is 0 Å². The van der Waals surface area contributed by atoms with Gasteiger partial charge in [0.15, 0.2) is 0 Å². The summed E-state index contributed by atoms with van der Waals surface area (Å²) in [6.07, 6.45) is 7.50. The Kier molecular flexibility index (Phi) is 6.18. The summed E-state index contributed by atoms with van der Waals surface area (Å²) in [5.74, 6) is 0. The smallest absolute Gasteiger partial charge is 0 e. The third kappa shape index (κ3) is 5.64. The first-order valence-electron chi connectivity index (χ1n) is 4.86. The molecule has 1 radical (unpaired) electrons. The SMILES string of the molecule is CC(C)(C)PC1CCCCC1.[Li]. The average Bonchev–Trinajstić information content (AvgIpc) is 1.85. The third-order valence-electron chi connectivity index (χ3n) is 2.24. The minimum Gasteiger partial charge on any atom is -0.113 e. The maximum Gasteiger partial charge on any atom is 0 e. The molecule has 1 saturated carbocycles. The first-order chi connectivity index (χ1) is 5.08. The van der Waals surface area contributed by atoms with Crippen molar-refractivity contribution >= 4 is 27.4 Å². The molecule has 0 saturated heterocycles. The molecule has 1 atom stereocenters. The van der Waals surface area contributed by atoms with E-state index < -0.39 is 0 Å². The van der Waals surface area contributed by atoms with E-state index in [9.17, 15) is 0 Å². The molecule has 0 nitrogen and oxygen atoms in total. The van der Waals surface area contributed by atoms with Crippen molar-refractivity contribution in [2.24, 2.45) is 0 Å². The van der Waals surface area contributed by atoms with Crippen LogP contribution in [0.3, 0.4) is 0 Å². The van der Waals surface area contributed by atoms with Crippen molar-refractivity contribution in [1.82, 2.24) is 0 Å². The average molecular weight is 179 g/mol. The Hall–Kier alpha value is 1.03. The van der Waals surface area contributed by atoms with Gasteiger partial charge >= 0.3 is 0 Å². The van der Waals surface area contributed by atoms with E-state index in [-0.39, 0.29) is 18.9 Å². The van der Waals surface area contributed by atoms with Gasteiger partial charge in [0.1, 0.15) is 0 Å². The first kappa shape index (κ1) is 13.0. The van der Waals surface area contributed by atoms with E-state index in [0.29, 0.717) is 5.16 Å². The van der Waals surface area contributed by atoms with Crippen LogP contribution < -0.4 is 0 Å². The Morgan fingerprint density at radius 3 is 1.92 bits per heavy atom. The van der Waals surface area contributed by atoms with E-state index in [4.69, 9.17) is 0 Å². The van der Waals surface area contributed by atoms with Crippen LogP contribution in [0.4, 0.5) is 0 Å². The minimum absolute atomic E-state index is 0. The van der Waals surface area contributed by atoms with Gasteiger partial charge in [0, 0.05) is 18.9 Å². The van der Waals surface area contributed by atoms with Gasteiger partial charge in [-0.25, -0.2) is 0 Å². The maximum atomic E-state index is 2.38. The standard InChI is InChI=1S/C10H21P.Li/c1-10(2,3)11-9-7-5-4-6-8-9;/h9,11H,4-8H2,1-3H3;. The summed E-state index contributed by atoms with van der Waals surface area (Å²) in [4.78, 5) is 0. The molecule has 0 N–H and O–H groups in total. The quantitative estimate of drug-likeness (QED) is 0.427. The summed E-state index contributed by atoms with van der Waals surface area (Å²) in [6, 6.07) is 0. The molecule has 0 bridgehead atoms. The summed E-state index contributed by atoms with van der Waals surface area (Å²) in [7, 11) is 1.19. The van der Waals surface area contributed by atoms with Crippen molar-refractivity contribution in [2.45, 2.75) is 63.7 Å². The molecule has 12 heavy (non-hydrogen) atoms. The van der Waals surface area contributed by atoms with Crippen LogP contribution in [0.15, 0.2) is 0 Å². The number of hydrogen-bond donors (Lipinski definition) is 0. The van der Waals surface area contributed by atoms with Gasteiger partial charge in [-0.15, -0.1) is 8.58 Å². The van der Waals surface area contributed by atoms with E-state index in [1.807, 2.05) is 0 Å². The molecule has 0 heterocycles. The summed E-state index contributed by atoms with van der Waals surface area (Å²) in [6.45, 7) is 7.13. The summed E-state index contributed by atoms with van der Waals surface area (Å²) < 4.78 is 0. The molecule has 1 unspecified atom stereocenters. The fourth-order valence-corrected chi connectivity index (χ4v) is 3.78. The van der Waals surface area contributed by atoms with Gasteiger partial charge in [-0.1, -0.05) is 40.0 Å². The second kappa shape index (κ2) is 5.69. The van der Waals surface area contributed by atoms with Crippen molar-refractivity contribution in [3.63, 3.8) is 0 Å². The monoisotopic (exact) mass is 179 g/mol. The van der Waals surface area contributed by atoms with Crippen LogP contribution >= 0.6 is 8.58 Å². The Bertz CT molecular complexity index is 111. The van der Waals surface area contributed by atoms with Crippen LogP contribution in [-0.4, -0.2) is 29.7 Å². The Labute approximate surface area is 91.2 Å². The van der Waals surface area contributed by atoms with Gasteiger partial charge in [-0.05, 0) is 23.7 Å². The zero-order chi connectivity index (χ0) is 8.32. The molecule has 0 aromatic carbocycles. The zero-order valence-electron chi connectivity index (χ0n) is 9.11. The second-order valence-electron chi connectivity index (χ2n) is 4.73. The fourth-order valence-electron chi connectivity index (χ4n) is 1.86. The predicted octanol–water partition coefficient (Wildman–Crippen LogP) is 3.42. The van der Waals surface area contributed by atoms with E-state index in [1.165, 1.54) is 40.7 Å². The van der Waals surface area contributed by atoms with Crippen LogP contribution in [0, 0.1) is 0 Å². The summed E-state index contributed by atoms with van der Waals surface area (Å²) >= 11 is 0. The summed E-state index contributed by atoms with van der Waals surface area (Å²) in [5, 5.41) is 0.585. The number of hydrogen-bond acceptors (Lipinski definition) is 0. The Balaban J connectivity index is 0.00000121. The van der Waals surface area contributed by atoms with Gasteiger partial charge in [0.25, 0.3) is 0 Å². The van der Waals surface area contributed by atoms with E-state index in [2.05, 4.69) is 20.8 Å². The van der Waals surface area contributed by atoms with Gasteiger partial charge in [-0.2, -0.15) is 0 Å². The molecular formula is C10H21LiP. The van der Waals surface area contributed by atoms with Gasteiger partial charge in [0.05, 0.1) is 0 Å². The normalized spacial score (nSPS) is 21.2. The molecule has 1 aliphatic rings. The van der Waals surface area contributed by atoms with Crippen molar-refractivity contribution in [2.75, 3.05) is 0 Å². The molecule has 0 spiro atoms. The first-order valence-corrected chi connectivity index (χ1v) is 5.93. The van der Waals surface area contributed by atoms with Crippen LogP contribution in [0.2, 0.25) is 0 Å². The van der Waals surface area contributed by atoms with E-state index in [0.717, 1.165) is 5.66 Å². The predicted molar refractivity (Wildman–Crippen MR) is 60.7 cm³/mol. The van der Waals surface area contributed by atoms with Crippen molar-refractivity contribution in [3.8, 4) is 0 Å². The van der Waals surface area contributed by atoms with Crippen molar-refractivity contribution in [3.05, 3.63) is 0 Å². The molecule has 1 fully saturated rings. The minimum atomic E-state index is 0. The zero-order valence-corrected chi connectivity index (χ0v) is 10.1. The molecule has 67 valence electrons. The van der Waals surface area contributed by atoms with Crippen molar-refractivity contribution in [1.29, 1.82) is 0 Å². The van der Waals surface area contributed by atoms with Crippen molar-refractivity contribution < 1.29 is 0 Å². The molecule has 0 amide bonds. The topological polar surface area (TPSA) is 0 Å². The molecule has 0 aliphatic heterocycles. The van der Waals surface area contributed by atoms with Crippen LogP contribution in [0.25, 0.3) is 0 Å². The maximum absolute atomic E-state index is 2.38. The molecule has 1 rings (SSSR count). The number of rotatable bonds is 1. The summed E-state index contributed by atoms with van der Waals surface area (Å²) in [5.41, 5.74) is 1.07. The van der Waals surface area contributed by atoms with E-state index in [1.54, 1.807) is 0 Å². The Morgan fingerprint density at radius 2 is 1.50 bits per heavy atom. The molecule has 0 aromatic rings. The fraction of sp³-hybridized carbons (Fsp3) is 1.00. The second-order valence-corrected chi connectivity index (χ2v) is 7.33. The molecular weight excluding hydrogens is 158 g/mol. The molecule has 0 aromatic heterocycles.